The van der Waals surface area contributed by atoms with Crippen LogP contribution in [0.1, 0.15) is 0 Å². The van der Waals surface area contributed by atoms with E-state index in [1.54, 1.807) is 0 Å². The molecule has 0 radical (unpaired) electrons. The first-order valence-corrected chi connectivity index (χ1v) is 7.86. The van der Waals surface area contributed by atoms with Crippen LogP contribution in [0.15, 0.2) is 32.5 Å². The lowest BCUT2D eigenvalue weighted by Gasteiger charge is -2.09. The molecule has 5 nitrogen and oxygen atoms in total. The molecule has 0 aliphatic heterocycles. The highest BCUT2D eigenvalue weighted by molar-refractivity contribution is 9.10. The maximum Gasteiger partial charge on any atom is 0.402 e. The Morgan fingerprint density at radius 1 is 1.27 bits per heavy atom. The fourth-order valence-corrected chi connectivity index (χ4v) is 3.20. The monoisotopic (exact) mass is 402 g/mol. The zero-order valence-electron chi connectivity index (χ0n) is 10.5. The minimum absolute atomic E-state index is 0.00615. The van der Waals surface area contributed by atoms with Crippen molar-refractivity contribution >= 4 is 36.9 Å². The molecule has 0 aliphatic rings. The van der Waals surface area contributed by atoms with Crippen molar-refractivity contribution in [3.05, 3.63) is 38.8 Å². The van der Waals surface area contributed by atoms with E-state index >= 15 is 0 Å². The highest BCUT2D eigenvalue weighted by atomic mass is 79.9. The van der Waals surface area contributed by atoms with E-state index in [-0.39, 0.29) is 5.52 Å². The Morgan fingerprint density at radius 3 is 2.50 bits per heavy atom. The standard InChI is InChI=1S/C11H7BrF4N2O3S/c12-5-1-6(13)9-7(2-5)17-3-8(10(9)19)22(20,21)18-4-11(14,15)16/h1-3,18H,4H2,(H,17,19). The molecule has 0 spiro atoms. The summed E-state index contributed by atoms with van der Waals surface area (Å²) in [5.41, 5.74) is -1.22. The molecular weight excluding hydrogens is 396 g/mol. The predicted molar refractivity (Wildman–Crippen MR) is 73.5 cm³/mol. The summed E-state index contributed by atoms with van der Waals surface area (Å²) in [5.74, 6) is -1.00. The molecule has 22 heavy (non-hydrogen) atoms. The van der Waals surface area contributed by atoms with E-state index in [9.17, 15) is 30.8 Å². The average molecular weight is 403 g/mol. The summed E-state index contributed by atoms with van der Waals surface area (Å²) in [6, 6.07) is 2.27. The topological polar surface area (TPSA) is 79.0 Å². The Labute approximate surface area is 129 Å². The SMILES string of the molecule is O=c1c(S(=O)(=O)NCC(F)(F)F)c[nH]c2cc(Br)cc(F)c12. The number of aromatic amines is 1. The van der Waals surface area contributed by atoms with Crippen LogP contribution in [-0.2, 0) is 10.0 Å². The van der Waals surface area contributed by atoms with Gasteiger partial charge in [-0.05, 0) is 12.1 Å². The van der Waals surface area contributed by atoms with Crippen molar-refractivity contribution in [1.29, 1.82) is 0 Å². The molecule has 11 heteroatoms. The highest BCUT2D eigenvalue weighted by Gasteiger charge is 2.31. The van der Waals surface area contributed by atoms with Crippen LogP contribution < -0.4 is 10.2 Å². The van der Waals surface area contributed by atoms with Crippen LogP contribution in [0.25, 0.3) is 10.9 Å². The average Bonchev–Trinajstić information content (AvgIpc) is 2.34. The molecule has 1 heterocycles. The molecule has 1 aromatic carbocycles. The Morgan fingerprint density at radius 2 is 1.91 bits per heavy atom. The molecule has 2 N–H and O–H groups in total. The van der Waals surface area contributed by atoms with E-state index in [1.807, 2.05) is 0 Å². The number of aromatic nitrogens is 1. The molecule has 2 aromatic rings. The van der Waals surface area contributed by atoms with Crippen LogP contribution in [0, 0.1) is 5.82 Å². The number of rotatable bonds is 3. The fourth-order valence-electron chi connectivity index (χ4n) is 1.70. The quantitative estimate of drug-likeness (QED) is 0.772. The van der Waals surface area contributed by atoms with Crippen molar-refractivity contribution in [1.82, 2.24) is 9.71 Å². The third-order valence-electron chi connectivity index (χ3n) is 2.62. The number of benzene rings is 1. The van der Waals surface area contributed by atoms with Crippen LogP contribution in [0.2, 0.25) is 0 Å². The van der Waals surface area contributed by atoms with Crippen LogP contribution in [0.3, 0.4) is 0 Å². The van der Waals surface area contributed by atoms with Gasteiger partial charge in [0, 0.05) is 10.7 Å². The predicted octanol–water partition coefficient (Wildman–Crippen LogP) is 2.27. The van der Waals surface area contributed by atoms with E-state index in [4.69, 9.17) is 0 Å². The molecule has 0 aliphatic carbocycles. The zero-order valence-corrected chi connectivity index (χ0v) is 12.9. The number of sulfonamides is 1. The van der Waals surface area contributed by atoms with Gasteiger partial charge in [0.15, 0.2) is 0 Å². The Kier molecular flexibility index (Phi) is 4.33. The van der Waals surface area contributed by atoms with E-state index in [1.165, 1.54) is 10.8 Å². The van der Waals surface area contributed by atoms with E-state index in [2.05, 4.69) is 20.9 Å². The third-order valence-corrected chi connectivity index (χ3v) is 4.48. The van der Waals surface area contributed by atoms with Crippen molar-refractivity contribution in [2.45, 2.75) is 11.1 Å². The first-order chi connectivity index (χ1) is 10.0. The molecular formula is C11H7BrF4N2O3S. The van der Waals surface area contributed by atoms with Crippen LogP contribution in [0.5, 0.6) is 0 Å². The van der Waals surface area contributed by atoms with Crippen LogP contribution >= 0.6 is 15.9 Å². The van der Waals surface area contributed by atoms with Crippen LogP contribution in [-0.4, -0.2) is 26.1 Å². The molecule has 0 unspecified atom stereocenters. The molecule has 120 valence electrons. The molecule has 1 aromatic heterocycles. The molecule has 2 rings (SSSR count). The van der Waals surface area contributed by atoms with E-state index in [0.29, 0.717) is 4.47 Å². The number of fused-ring (bicyclic) bond motifs is 1. The number of H-pyrrole nitrogens is 1. The van der Waals surface area contributed by atoms with Gasteiger partial charge in [-0.2, -0.15) is 13.2 Å². The smallest absolute Gasteiger partial charge is 0.360 e. The van der Waals surface area contributed by atoms with Crippen molar-refractivity contribution in [3.8, 4) is 0 Å². The van der Waals surface area contributed by atoms with Gasteiger partial charge in [0.05, 0.1) is 10.9 Å². The third kappa shape index (κ3) is 3.47. The van der Waals surface area contributed by atoms with Gasteiger partial charge < -0.3 is 4.98 Å². The minimum Gasteiger partial charge on any atom is -0.360 e. The lowest BCUT2D eigenvalue weighted by Crippen LogP contribution is -2.36. The van der Waals surface area contributed by atoms with Crippen molar-refractivity contribution in [2.75, 3.05) is 6.54 Å². The summed E-state index contributed by atoms with van der Waals surface area (Å²) in [4.78, 5) is 13.4. The molecule has 0 saturated carbocycles. The number of pyridine rings is 1. The summed E-state index contributed by atoms with van der Waals surface area (Å²) in [7, 11) is -4.73. The summed E-state index contributed by atoms with van der Waals surface area (Å²) in [5, 5.41) is -0.557. The highest BCUT2D eigenvalue weighted by Crippen LogP contribution is 2.21. The van der Waals surface area contributed by atoms with Crippen molar-refractivity contribution in [2.24, 2.45) is 0 Å². The Balaban J connectivity index is 2.58. The summed E-state index contributed by atoms with van der Waals surface area (Å²) in [6.45, 7) is -1.84. The molecule has 0 amide bonds. The summed E-state index contributed by atoms with van der Waals surface area (Å²) in [6.07, 6.45) is -4.07. The van der Waals surface area contributed by atoms with Gasteiger partial charge in [-0.3, -0.25) is 4.79 Å². The zero-order chi connectivity index (χ0) is 16.7. The molecule has 0 saturated heterocycles. The van der Waals surface area contributed by atoms with Gasteiger partial charge in [-0.25, -0.2) is 17.5 Å². The number of halogens is 5. The van der Waals surface area contributed by atoms with Crippen molar-refractivity contribution in [3.63, 3.8) is 0 Å². The first kappa shape index (κ1) is 16.9. The Hall–Kier alpha value is -1.46. The van der Waals surface area contributed by atoms with Gasteiger partial charge in [0.2, 0.25) is 15.5 Å². The van der Waals surface area contributed by atoms with Gasteiger partial charge in [0.1, 0.15) is 17.3 Å². The lowest BCUT2D eigenvalue weighted by atomic mass is 10.2. The van der Waals surface area contributed by atoms with Crippen LogP contribution in [0.4, 0.5) is 17.6 Å². The van der Waals surface area contributed by atoms with E-state index in [0.717, 1.165) is 12.3 Å². The number of hydrogen-bond acceptors (Lipinski definition) is 3. The van der Waals surface area contributed by atoms with E-state index < -0.39 is 44.3 Å². The summed E-state index contributed by atoms with van der Waals surface area (Å²) >= 11 is 2.99. The fraction of sp³-hybridized carbons (Fsp3) is 0.182. The largest absolute Gasteiger partial charge is 0.402 e. The second-order valence-electron chi connectivity index (χ2n) is 4.23. The normalized spacial score (nSPS) is 12.8. The minimum atomic E-state index is -4.78. The molecule has 0 fully saturated rings. The summed E-state index contributed by atoms with van der Waals surface area (Å²) < 4.78 is 75.1. The second kappa shape index (κ2) is 5.63. The van der Waals surface area contributed by atoms with Gasteiger partial charge >= 0.3 is 6.18 Å². The van der Waals surface area contributed by atoms with Gasteiger partial charge in [-0.15, -0.1) is 0 Å². The Bertz CT molecular complexity index is 893. The maximum atomic E-state index is 13.8. The van der Waals surface area contributed by atoms with Crippen molar-refractivity contribution < 1.29 is 26.0 Å². The number of hydrogen-bond donors (Lipinski definition) is 2. The lowest BCUT2D eigenvalue weighted by molar-refractivity contribution is -0.121. The number of alkyl halides is 3. The molecule has 0 bridgehead atoms. The van der Waals surface area contributed by atoms with Gasteiger partial charge in [-0.1, -0.05) is 15.9 Å². The first-order valence-electron chi connectivity index (χ1n) is 5.58. The van der Waals surface area contributed by atoms with Gasteiger partial charge in [0.25, 0.3) is 0 Å². The second-order valence-corrected chi connectivity index (χ2v) is 6.88. The number of nitrogens with one attached hydrogen (secondary N) is 2. The maximum absolute atomic E-state index is 13.8. The molecule has 0 atom stereocenters.